The highest BCUT2D eigenvalue weighted by Crippen LogP contribution is 2.30. The fraction of sp³-hybridized carbons (Fsp3) is 0.350. The van der Waals surface area contributed by atoms with Crippen molar-refractivity contribution in [1.29, 1.82) is 0 Å². The van der Waals surface area contributed by atoms with Crippen molar-refractivity contribution in [3.63, 3.8) is 0 Å². The van der Waals surface area contributed by atoms with Gasteiger partial charge in [0.1, 0.15) is 5.75 Å². The Hall–Kier alpha value is -2.03. The lowest BCUT2D eigenvalue weighted by Crippen LogP contribution is -2.28. The predicted octanol–water partition coefficient (Wildman–Crippen LogP) is 3.44. The molecule has 1 heterocycles. The molecule has 6 nitrogen and oxygen atoms in total. The third-order valence-electron chi connectivity index (χ3n) is 4.64. The Kier molecular flexibility index (Phi) is 6.64. The fourth-order valence-electron chi connectivity index (χ4n) is 2.96. The predicted molar refractivity (Wildman–Crippen MR) is 112 cm³/mol. The quantitative estimate of drug-likeness (QED) is 0.670. The summed E-state index contributed by atoms with van der Waals surface area (Å²) in [5.74, 6) is 0.242. The zero-order valence-electron chi connectivity index (χ0n) is 15.7. The van der Waals surface area contributed by atoms with Crippen LogP contribution in [0.4, 0.5) is 5.69 Å². The second kappa shape index (κ2) is 8.98. The third kappa shape index (κ3) is 4.87. The number of sulfonamides is 1. The van der Waals surface area contributed by atoms with E-state index in [9.17, 15) is 18.3 Å². The van der Waals surface area contributed by atoms with Crippen molar-refractivity contribution in [1.82, 2.24) is 4.31 Å². The van der Waals surface area contributed by atoms with Crippen LogP contribution in [0.25, 0.3) is 0 Å². The smallest absolute Gasteiger partial charge is 0.243 e. The molecule has 28 heavy (non-hydrogen) atoms. The van der Waals surface area contributed by atoms with Crippen LogP contribution >= 0.6 is 11.8 Å². The molecule has 8 heteroatoms. The number of hydrogen-bond donors (Lipinski definition) is 2. The van der Waals surface area contributed by atoms with Crippen LogP contribution in [0, 0.1) is 0 Å². The van der Waals surface area contributed by atoms with Crippen molar-refractivity contribution < 1.29 is 18.3 Å². The van der Waals surface area contributed by atoms with E-state index in [-0.39, 0.29) is 27.5 Å². The first-order valence-electron chi connectivity index (χ1n) is 9.17. The Morgan fingerprint density at radius 2 is 1.86 bits per heavy atom. The maximum absolute atomic E-state index is 12.7. The van der Waals surface area contributed by atoms with Gasteiger partial charge in [-0.25, -0.2) is 8.42 Å². The first-order valence-corrected chi connectivity index (χ1v) is 11.7. The number of hydrogen-bond acceptors (Lipinski definition) is 5. The van der Waals surface area contributed by atoms with E-state index >= 15 is 0 Å². The number of anilines is 1. The third-order valence-corrected chi connectivity index (χ3v) is 7.75. The summed E-state index contributed by atoms with van der Waals surface area (Å²) in [5, 5.41) is 12.4. The van der Waals surface area contributed by atoms with Crippen molar-refractivity contribution in [2.45, 2.75) is 35.7 Å². The van der Waals surface area contributed by atoms with Gasteiger partial charge in [0.15, 0.2) is 0 Å². The number of nitrogens with one attached hydrogen (secondary N) is 1. The number of rotatable bonds is 7. The first-order chi connectivity index (χ1) is 13.4. The average Bonchev–Trinajstić information content (AvgIpc) is 3.24. The highest BCUT2D eigenvalue weighted by atomic mass is 32.2. The molecule has 0 aliphatic carbocycles. The van der Waals surface area contributed by atoms with Crippen LogP contribution in [0.3, 0.4) is 0 Å². The molecular weight excluding hydrogens is 396 g/mol. The lowest BCUT2D eigenvalue weighted by molar-refractivity contribution is -0.115. The molecule has 2 aromatic rings. The molecule has 0 unspecified atom stereocenters. The van der Waals surface area contributed by atoms with E-state index in [0.717, 1.165) is 18.4 Å². The van der Waals surface area contributed by atoms with E-state index in [4.69, 9.17) is 0 Å². The molecule has 0 aromatic heterocycles. The van der Waals surface area contributed by atoms with Gasteiger partial charge >= 0.3 is 0 Å². The minimum Gasteiger partial charge on any atom is -0.506 e. The summed E-state index contributed by atoms with van der Waals surface area (Å²) in [5.41, 5.74) is 1.23. The van der Waals surface area contributed by atoms with Crippen LogP contribution in [0.5, 0.6) is 5.75 Å². The molecule has 2 N–H and O–H groups in total. The van der Waals surface area contributed by atoms with E-state index in [2.05, 4.69) is 5.32 Å². The van der Waals surface area contributed by atoms with E-state index < -0.39 is 10.0 Å². The lowest BCUT2D eigenvalue weighted by Gasteiger charge is -2.17. The molecule has 0 radical (unpaired) electrons. The Labute approximate surface area is 170 Å². The number of nitrogens with zero attached hydrogens (tertiary/aromatic N) is 1. The summed E-state index contributed by atoms with van der Waals surface area (Å²) >= 11 is 1.47. The molecular formula is C20H24N2O4S2. The second-order valence-electron chi connectivity index (χ2n) is 6.72. The van der Waals surface area contributed by atoms with Gasteiger partial charge in [-0.1, -0.05) is 30.3 Å². The first kappa shape index (κ1) is 20.7. The number of phenolic OH excluding ortho intramolecular Hbond substituents is 1. The van der Waals surface area contributed by atoms with Gasteiger partial charge in [0.2, 0.25) is 15.9 Å². The Morgan fingerprint density at radius 1 is 1.18 bits per heavy atom. The molecule has 3 rings (SSSR count). The Balaban J connectivity index is 1.68. The molecule has 0 bridgehead atoms. The van der Waals surface area contributed by atoms with Crippen molar-refractivity contribution in [2.75, 3.05) is 18.4 Å². The summed E-state index contributed by atoms with van der Waals surface area (Å²) in [6, 6.07) is 13.8. The summed E-state index contributed by atoms with van der Waals surface area (Å²) in [4.78, 5) is 12.6. The second-order valence-corrected chi connectivity index (χ2v) is 9.99. The van der Waals surface area contributed by atoms with Crippen molar-refractivity contribution >= 4 is 33.4 Å². The Bertz CT molecular complexity index is 926. The highest BCUT2D eigenvalue weighted by molar-refractivity contribution is 7.99. The number of amides is 1. The SMILES string of the molecule is C[C@H](SCc1ccccc1)C(=O)Nc1cc(S(=O)(=O)N2CCCC2)ccc1O. The fourth-order valence-corrected chi connectivity index (χ4v) is 5.35. The normalized spacial score (nSPS) is 16.0. The molecule has 0 saturated carbocycles. The maximum atomic E-state index is 12.7. The number of carbonyl (C=O) groups is 1. The van der Waals surface area contributed by atoms with Crippen LogP contribution < -0.4 is 5.32 Å². The van der Waals surface area contributed by atoms with E-state index in [1.807, 2.05) is 30.3 Å². The van der Waals surface area contributed by atoms with Crippen LogP contribution in [0.15, 0.2) is 53.4 Å². The minimum atomic E-state index is -3.61. The van der Waals surface area contributed by atoms with Crippen LogP contribution in [0.2, 0.25) is 0 Å². The number of phenols is 1. The zero-order chi connectivity index (χ0) is 20.1. The van der Waals surface area contributed by atoms with Gasteiger partial charge in [0.05, 0.1) is 15.8 Å². The summed E-state index contributed by atoms with van der Waals surface area (Å²) in [6.45, 7) is 2.78. The number of thioether (sulfide) groups is 1. The molecule has 1 atom stereocenters. The van der Waals surface area contributed by atoms with E-state index in [1.54, 1.807) is 6.92 Å². The lowest BCUT2D eigenvalue weighted by atomic mass is 10.2. The number of benzene rings is 2. The van der Waals surface area contributed by atoms with Gasteiger partial charge in [0, 0.05) is 18.8 Å². The molecule has 1 aliphatic rings. The summed E-state index contributed by atoms with van der Waals surface area (Å²) < 4.78 is 26.8. The van der Waals surface area contributed by atoms with Gasteiger partial charge in [0.25, 0.3) is 0 Å². The largest absolute Gasteiger partial charge is 0.506 e. The van der Waals surface area contributed by atoms with Crippen molar-refractivity contribution in [3.8, 4) is 5.75 Å². The van der Waals surface area contributed by atoms with Crippen molar-refractivity contribution in [3.05, 3.63) is 54.1 Å². The minimum absolute atomic E-state index is 0.0760. The molecule has 1 fully saturated rings. The molecule has 2 aromatic carbocycles. The molecule has 0 spiro atoms. The molecule has 1 aliphatic heterocycles. The van der Waals surface area contributed by atoms with E-state index in [0.29, 0.717) is 18.8 Å². The van der Waals surface area contributed by atoms with Crippen LogP contribution in [-0.2, 0) is 20.6 Å². The standard InChI is InChI=1S/C20H24N2O4S2/c1-15(27-14-16-7-3-2-4-8-16)20(24)21-18-13-17(9-10-19(18)23)28(25,26)22-11-5-6-12-22/h2-4,7-10,13,15,23H,5-6,11-12,14H2,1H3,(H,21,24)/t15-/m0/s1. The Morgan fingerprint density at radius 3 is 2.54 bits per heavy atom. The molecule has 1 saturated heterocycles. The van der Waals surface area contributed by atoms with E-state index in [1.165, 1.54) is 34.3 Å². The maximum Gasteiger partial charge on any atom is 0.243 e. The summed E-state index contributed by atoms with van der Waals surface area (Å²) in [6.07, 6.45) is 1.69. The monoisotopic (exact) mass is 420 g/mol. The van der Waals surface area contributed by atoms with Crippen LogP contribution in [0.1, 0.15) is 25.3 Å². The van der Waals surface area contributed by atoms with Gasteiger partial charge in [-0.05, 0) is 43.5 Å². The van der Waals surface area contributed by atoms with Gasteiger partial charge in [-0.15, -0.1) is 11.8 Å². The van der Waals surface area contributed by atoms with Gasteiger partial charge < -0.3 is 10.4 Å². The molecule has 150 valence electrons. The van der Waals surface area contributed by atoms with Gasteiger partial charge in [-0.2, -0.15) is 4.31 Å². The number of carbonyl (C=O) groups excluding carboxylic acids is 1. The van der Waals surface area contributed by atoms with Gasteiger partial charge in [-0.3, -0.25) is 4.79 Å². The summed E-state index contributed by atoms with van der Waals surface area (Å²) in [7, 11) is -3.61. The molecule has 1 amide bonds. The topological polar surface area (TPSA) is 86.7 Å². The zero-order valence-corrected chi connectivity index (χ0v) is 17.3. The number of aromatic hydroxyl groups is 1. The average molecular weight is 421 g/mol. The van der Waals surface area contributed by atoms with Crippen LogP contribution in [-0.4, -0.2) is 42.1 Å². The highest BCUT2D eigenvalue weighted by Gasteiger charge is 2.28. The van der Waals surface area contributed by atoms with Crippen molar-refractivity contribution in [2.24, 2.45) is 0 Å².